The Kier molecular flexibility index (Phi) is 3.51. The zero-order chi connectivity index (χ0) is 10.6. The predicted octanol–water partition coefficient (Wildman–Crippen LogP) is 2.57. The first-order valence-corrected chi connectivity index (χ1v) is 4.24. The van der Waals surface area contributed by atoms with E-state index < -0.39 is 0 Å². The maximum Gasteiger partial charge on any atom is 0.163 e. The van der Waals surface area contributed by atoms with Crippen LogP contribution in [-0.2, 0) is 6.42 Å². The van der Waals surface area contributed by atoms with Crippen LogP contribution in [0.25, 0.3) is 0 Å². The molecule has 0 aliphatic heterocycles. The lowest BCUT2D eigenvalue weighted by Gasteiger charge is -2.09. The standard InChI is InChI=1S/C11H13FO2/c1-4-5-8-6-10(13-2)11(14-3)7-9(8)12/h4,6-7H,1,5H2,2-3H3. The van der Waals surface area contributed by atoms with Gasteiger partial charge in [-0.3, -0.25) is 0 Å². The quantitative estimate of drug-likeness (QED) is 0.689. The highest BCUT2D eigenvalue weighted by atomic mass is 19.1. The lowest BCUT2D eigenvalue weighted by Crippen LogP contribution is -1.95. The van der Waals surface area contributed by atoms with Gasteiger partial charge in [0.15, 0.2) is 11.5 Å². The zero-order valence-electron chi connectivity index (χ0n) is 8.34. The highest BCUT2D eigenvalue weighted by Gasteiger charge is 2.09. The van der Waals surface area contributed by atoms with Crippen LogP contribution in [0.2, 0.25) is 0 Å². The molecular weight excluding hydrogens is 183 g/mol. The molecular formula is C11H13FO2. The molecule has 0 unspecified atom stereocenters. The molecule has 0 bridgehead atoms. The van der Waals surface area contributed by atoms with Gasteiger partial charge in [0, 0.05) is 6.07 Å². The molecule has 0 saturated heterocycles. The molecule has 0 aliphatic carbocycles. The van der Waals surface area contributed by atoms with Crippen LogP contribution in [0.1, 0.15) is 5.56 Å². The number of methoxy groups -OCH3 is 2. The molecule has 1 aromatic rings. The topological polar surface area (TPSA) is 18.5 Å². The number of hydrogen-bond acceptors (Lipinski definition) is 2. The van der Waals surface area contributed by atoms with Gasteiger partial charge in [-0.25, -0.2) is 4.39 Å². The van der Waals surface area contributed by atoms with Gasteiger partial charge in [-0.1, -0.05) is 6.08 Å². The summed E-state index contributed by atoms with van der Waals surface area (Å²) in [7, 11) is 3.00. The fourth-order valence-electron chi connectivity index (χ4n) is 1.21. The molecule has 0 heterocycles. The Balaban J connectivity index is 3.15. The minimum Gasteiger partial charge on any atom is -0.493 e. The molecule has 1 aromatic carbocycles. The predicted molar refractivity (Wildman–Crippen MR) is 53.4 cm³/mol. The van der Waals surface area contributed by atoms with Gasteiger partial charge in [0.1, 0.15) is 5.82 Å². The molecule has 0 aromatic heterocycles. The Morgan fingerprint density at radius 1 is 1.29 bits per heavy atom. The summed E-state index contributed by atoms with van der Waals surface area (Å²) < 4.78 is 23.4. The Labute approximate surface area is 83.0 Å². The van der Waals surface area contributed by atoms with Crippen molar-refractivity contribution in [2.24, 2.45) is 0 Å². The highest BCUT2D eigenvalue weighted by Crippen LogP contribution is 2.29. The molecule has 2 nitrogen and oxygen atoms in total. The van der Waals surface area contributed by atoms with E-state index in [9.17, 15) is 4.39 Å². The number of ether oxygens (including phenoxy) is 2. The average molecular weight is 196 g/mol. The number of rotatable bonds is 4. The van der Waals surface area contributed by atoms with Crippen LogP contribution in [0.5, 0.6) is 11.5 Å². The number of halogens is 1. The smallest absolute Gasteiger partial charge is 0.163 e. The van der Waals surface area contributed by atoms with Crippen molar-refractivity contribution in [3.8, 4) is 11.5 Å². The molecule has 0 fully saturated rings. The molecule has 0 saturated carbocycles. The van der Waals surface area contributed by atoms with Crippen molar-refractivity contribution >= 4 is 0 Å². The first-order chi connectivity index (χ1) is 6.72. The van der Waals surface area contributed by atoms with Crippen molar-refractivity contribution < 1.29 is 13.9 Å². The Bertz CT molecular complexity index is 334. The monoisotopic (exact) mass is 196 g/mol. The average Bonchev–Trinajstić information content (AvgIpc) is 2.20. The highest BCUT2D eigenvalue weighted by molar-refractivity contribution is 5.44. The molecule has 0 spiro atoms. The van der Waals surface area contributed by atoms with E-state index in [0.717, 1.165) is 0 Å². The molecule has 0 N–H and O–H groups in total. The second kappa shape index (κ2) is 4.65. The second-order valence-electron chi connectivity index (χ2n) is 2.79. The number of hydrogen-bond donors (Lipinski definition) is 0. The summed E-state index contributed by atoms with van der Waals surface area (Å²) in [5.74, 6) is 0.631. The van der Waals surface area contributed by atoms with Crippen LogP contribution >= 0.6 is 0 Å². The lowest BCUT2D eigenvalue weighted by atomic mass is 10.1. The van der Waals surface area contributed by atoms with Crippen LogP contribution < -0.4 is 9.47 Å². The molecule has 14 heavy (non-hydrogen) atoms. The van der Waals surface area contributed by atoms with Gasteiger partial charge < -0.3 is 9.47 Å². The molecule has 0 radical (unpaired) electrons. The maximum atomic E-state index is 13.4. The van der Waals surface area contributed by atoms with Crippen molar-refractivity contribution in [1.82, 2.24) is 0 Å². The van der Waals surface area contributed by atoms with Gasteiger partial charge in [0.25, 0.3) is 0 Å². The fraction of sp³-hybridized carbons (Fsp3) is 0.273. The second-order valence-corrected chi connectivity index (χ2v) is 2.79. The van der Waals surface area contributed by atoms with Crippen LogP contribution in [0.4, 0.5) is 4.39 Å². The molecule has 0 amide bonds. The minimum absolute atomic E-state index is 0.303. The van der Waals surface area contributed by atoms with E-state index in [1.54, 1.807) is 12.1 Å². The molecule has 1 rings (SSSR count). The van der Waals surface area contributed by atoms with E-state index in [1.165, 1.54) is 20.3 Å². The van der Waals surface area contributed by atoms with E-state index in [1.807, 2.05) is 0 Å². The van der Waals surface area contributed by atoms with Crippen molar-refractivity contribution in [3.05, 3.63) is 36.2 Å². The lowest BCUT2D eigenvalue weighted by molar-refractivity contribution is 0.351. The van der Waals surface area contributed by atoms with Crippen LogP contribution in [-0.4, -0.2) is 14.2 Å². The summed E-state index contributed by atoms with van der Waals surface area (Å²) in [4.78, 5) is 0. The summed E-state index contributed by atoms with van der Waals surface area (Å²) in [5, 5.41) is 0. The summed E-state index contributed by atoms with van der Waals surface area (Å²) in [6.45, 7) is 3.56. The molecule has 76 valence electrons. The van der Waals surface area contributed by atoms with Crippen molar-refractivity contribution in [2.75, 3.05) is 14.2 Å². The SMILES string of the molecule is C=CCc1cc(OC)c(OC)cc1F. The third-order valence-electron chi connectivity index (χ3n) is 1.92. The van der Waals surface area contributed by atoms with Crippen molar-refractivity contribution in [2.45, 2.75) is 6.42 Å². The Morgan fingerprint density at radius 3 is 2.36 bits per heavy atom. The first-order valence-electron chi connectivity index (χ1n) is 4.24. The van der Waals surface area contributed by atoms with Gasteiger partial charge in [0.2, 0.25) is 0 Å². The van der Waals surface area contributed by atoms with Gasteiger partial charge in [-0.05, 0) is 18.1 Å². The van der Waals surface area contributed by atoms with Gasteiger partial charge in [-0.2, -0.15) is 0 Å². The summed E-state index contributed by atoms with van der Waals surface area (Å²) in [6, 6.07) is 2.94. The van der Waals surface area contributed by atoms with E-state index in [2.05, 4.69) is 6.58 Å². The van der Waals surface area contributed by atoms with Gasteiger partial charge >= 0.3 is 0 Å². The summed E-state index contributed by atoms with van der Waals surface area (Å²) >= 11 is 0. The summed E-state index contributed by atoms with van der Waals surface area (Å²) in [6.07, 6.45) is 2.12. The summed E-state index contributed by atoms with van der Waals surface area (Å²) in [5.41, 5.74) is 0.553. The third-order valence-corrected chi connectivity index (χ3v) is 1.92. The normalized spacial score (nSPS) is 9.64. The van der Waals surface area contributed by atoms with Gasteiger partial charge in [0.05, 0.1) is 14.2 Å². The van der Waals surface area contributed by atoms with Gasteiger partial charge in [-0.15, -0.1) is 6.58 Å². The Morgan fingerprint density at radius 2 is 1.86 bits per heavy atom. The largest absolute Gasteiger partial charge is 0.493 e. The maximum absolute atomic E-state index is 13.4. The Hall–Kier alpha value is -1.51. The van der Waals surface area contributed by atoms with Crippen LogP contribution in [0.15, 0.2) is 24.8 Å². The number of allylic oxidation sites excluding steroid dienone is 1. The molecule has 0 atom stereocenters. The molecule has 3 heteroatoms. The number of benzene rings is 1. The van der Waals surface area contributed by atoms with E-state index in [4.69, 9.17) is 9.47 Å². The van der Waals surface area contributed by atoms with Crippen LogP contribution in [0.3, 0.4) is 0 Å². The van der Waals surface area contributed by atoms with E-state index >= 15 is 0 Å². The van der Waals surface area contributed by atoms with E-state index in [-0.39, 0.29) is 5.82 Å². The van der Waals surface area contributed by atoms with Crippen LogP contribution in [0, 0.1) is 5.82 Å². The zero-order valence-corrected chi connectivity index (χ0v) is 8.34. The van der Waals surface area contributed by atoms with Crippen molar-refractivity contribution in [3.63, 3.8) is 0 Å². The molecule has 0 aliphatic rings. The van der Waals surface area contributed by atoms with Crippen molar-refractivity contribution in [1.29, 1.82) is 0 Å². The minimum atomic E-state index is -0.303. The van der Waals surface area contributed by atoms with E-state index in [0.29, 0.717) is 23.5 Å². The fourth-order valence-corrected chi connectivity index (χ4v) is 1.21. The first kappa shape index (κ1) is 10.6. The third kappa shape index (κ3) is 2.05.